The number of amides is 2. The summed E-state index contributed by atoms with van der Waals surface area (Å²) in [6.07, 6.45) is 3.77. The topological polar surface area (TPSA) is 98.3 Å². The van der Waals surface area contributed by atoms with E-state index in [1.165, 1.54) is 25.3 Å². The first-order chi connectivity index (χ1) is 11.6. The molecule has 2 atom stereocenters. The lowest BCUT2D eigenvalue weighted by molar-refractivity contribution is 0.0697. The molecule has 0 radical (unpaired) electrons. The Hall–Kier alpha value is -2.57. The standard InChI is InChI=1S/C17H20N4O3/c22-16(23)10-4-5-13-14(6-10)20-15(19-13)7-18-17(24)21-8-11-2-1-3-12(11)9-21/h4-6,11-12H,1-3,7-9H2,(H,18,24)(H,19,20)(H,22,23)/t11-,12+. The summed E-state index contributed by atoms with van der Waals surface area (Å²) in [6.45, 7) is 2.03. The van der Waals surface area contributed by atoms with E-state index < -0.39 is 5.97 Å². The molecule has 0 unspecified atom stereocenters. The van der Waals surface area contributed by atoms with Crippen LogP contribution in [0, 0.1) is 11.8 Å². The zero-order chi connectivity index (χ0) is 16.7. The monoisotopic (exact) mass is 328 g/mol. The van der Waals surface area contributed by atoms with Crippen LogP contribution in [-0.2, 0) is 6.54 Å². The van der Waals surface area contributed by atoms with Crippen molar-refractivity contribution in [1.29, 1.82) is 0 Å². The number of nitrogens with zero attached hydrogens (tertiary/aromatic N) is 2. The molecule has 1 aromatic heterocycles. The number of rotatable bonds is 3. The fourth-order valence-electron chi connectivity index (χ4n) is 3.95. The van der Waals surface area contributed by atoms with Crippen molar-refractivity contribution in [3.05, 3.63) is 29.6 Å². The van der Waals surface area contributed by atoms with Crippen LogP contribution in [0.5, 0.6) is 0 Å². The third kappa shape index (κ3) is 2.70. The van der Waals surface area contributed by atoms with Crippen LogP contribution < -0.4 is 5.32 Å². The Morgan fingerprint density at radius 2 is 2.04 bits per heavy atom. The highest BCUT2D eigenvalue weighted by Crippen LogP contribution is 2.37. The molecule has 1 aromatic carbocycles. The number of carbonyl (C=O) groups excluding carboxylic acids is 1. The molecule has 1 saturated carbocycles. The van der Waals surface area contributed by atoms with Crippen molar-refractivity contribution < 1.29 is 14.7 Å². The maximum atomic E-state index is 12.3. The van der Waals surface area contributed by atoms with Gasteiger partial charge in [0.1, 0.15) is 5.82 Å². The molecule has 0 spiro atoms. The van der Waals surface area contributed by atoms with Crippen LogP contribution in [0.3, 0.4) is 0 Å². The highest BCUT2D eigenvalue weighted by atomic mass is 16.4. The number of fused-ring (bicyclic) bond motifs is 2. The highest BCUT2D eigenvalue weighted by Gasteiger charge is 2.37. The van der Waals surface area contributed by atoms with E-state index in [1.807, 2.05) is 4.90 Å². The van der Waals surface area contributed by atoms with Crippen molar-refractivity contribution >= 4 is 23.0 Å². The summed E-state index contributed by atoms with van der Waals surface area (Å²) in [5.74, 6) is 1.01. The van der Waals surface area contributed by atoms with Crippen molar-refractivity contribution in [2.75, 3.05) is 13.1 Å². The predicted octanol–water partition coefficient (Wildman–Crippen LogP) is 2.20. The Kier molecular flexibility index (Phi) is 3.63. The second kappa shape index (κ2) is 5.81. The fraction of sp³-hybridized carbons (Fsp3) is 0.471. The van der Waals surface area contributed by atoms with Crippen molar-refractivity contribution in [3.63, 3.8) is 0 Å². The number of aromatic carboxylic acids is 1. The number of carboxylic acid groups (broad SMARTS) is 1. The van der Waals surface area contributed by atoms with Crippen molar-refractivity contribution in [3.8, 4) is 0 Å². The Morgan fingerprint density at radius 1 is 1.29 bits per heavy atom. The minimum absolute atomic E-state index is 0.0453. The van der Waals surface area contributed by atoms with Gasteiger partial charge in [0, 0.05) is 13.1 Å². The van der Waals surface area contributed by atoms with Gasteiger partial charge in [0.25, 0.3) is 0 Å². The number of urea groups is 1. The van der Waals surface area contributed by atoms with Crippen LogP contribution in [0.25, 0.3) is 11.0 Å². The number of nitrogens with one attached hydrogen (secondary N) is 2. The third-order valence-corrected chi connectivity index (χ3v) is 5.20. The molecule has 2 aliphatic rings. The van der Waals surface area contributed by atoms with Crippen molar-refractivity contribution in [2.45, 2.75) is 25.8 Å². The number of aromatic nitrogens is 2. The van der Waals surface area contributed by atoms with Gasteiger partial charge in [-0.15, -0.1) is 0 Å². The van der Waals surface area contributed by atoms with Gasteiger partial charge in [-0.25, -0.2) is 14.6 Å². The van der Waals surface area contributed by atoms with Crippen LogP contribution >= 0.6 is 0 Å². The Morgan fingerprint density at radius 3 is 2.75 bits per heavy atom. The van der Waals surface area contributed by atoms with Gasteiger partial charge in [-0.2, -0.15) is 0 Å². The number of H-pyrrole nitrogens is 1. The van der Waals surface area contributed by atoms with E-state index in [0.29, 0.717) is 35.2 Å². The van der Waals surface area contributed by atoms with Crippen LogP contribution in [0.4, 0.5) is 4.79 Å². The lowest BCUT2D eigenvalue weighted by Crippen LogP contribution is -2.38. The van der Waals surface area contributed by atoms with E-state index in [4.69, 9.17) is 5.11 Å². The van der Waals surface area contributed by atoms with Crippen molar-refractivity contribution in [2.24, 2.45) is 11.8 Å². The van der Waals surface area contributed by atoms with Crippen LogP contribution in [0.1, 0.15) is 35.4 Å². The first-order valence-electron chi connectivity index (χ1n) is 8.35. The summed E-state index contributed by atoms with van der Waals surface area (Å²) in [7, 11) is 0. The van der Waals surface area contributed by atoms with E-state index in [9.17, 15) is 9.59 Å². The number of likely N-dealkylation sites (tertiary alicyclic amines) is 1. The van der Waals surface area contributed by atoms with Gasteiger partial charge in [0.05, 0.1) is 23.1 Å². The summed E-state index contributed by atoms with van der Waals surface area (Å²) in [6, 6.07) is 4.70. The lowest BCUT2D eigenvalue weighted by Gasteiger charge is -2.17. The molecule has 1 aliphatic heterocycles. The third-order valence-electron chi connectivity index (χ3n) is 5.20. The Labute approximate surface area is 139 Å². The Bertz CT molecular complexity index is 788. The Balaban J connectivity index is 1.39. The fourth-order valence-corrected chi connectivity index (χ4v) is 3.95. The molecular formula is C17H20N4O3. The largest absolute Gasteiger partial charge is 0.478 e. The first-order valence-corrected chi connectivity index (χ1v) is 8.35. The zero-order valence-corrected chi connectivity index (χ0v) is 13.3. The van der Waals surface area contributed by atoms with Gasteiger partial charge in [-0.05, 0) is 42.9 Å². The van der Waals surface area contributed by atoms with Crippen molar-refractivity contribution in [1.82, 2.24) is 20.2 Å². The van der Waals surface area contributed by atoms with Crippen LogP contribution in [0.15, 0.2) is 18.2 Å². The highest BCUT2D eigenvalue weighted by molar-refractivity contribution is 5.92. The average molecular weight is 328 g/mol. The smallest absolute Gasteiger partial charge is 0.335 e. The van der Waals surface area contributed by atoms with E-state index in [1.54, 1.807) is 12.1 Å². The molecule has 2 heterocycles. The number of aromatic amines is 1. The first kappa shape index (κ1) is 15.0. The minimum Gasteiger partial charge on any atom is -0.478 e. The molecule has 4 rings (SSSR count). The van der Waals surface area contributed by atoms with E-state index >= 15 is 0 Å². The molecule has 2 fully saturated rings. The predicted molar refractivity (Wildman–Crippen MR) is 87.7 cm³/mol. The van der Waals surface area contributed by atoms with Gasteiger partial charge in [-0.1, -0.05) is 6.42 Å². The average Bonchev–Trinajstić information content (AvgIpc) is 3.24. The normalized spacial score (nSPS) is 22.8. The number of hydrogen-bond donors (Lipinski definition) is 3. The van der Waals surface area contributed by atoms with Gasteiger partial charge < -0.3 is 20.3 Å². The minimum atomic E-state index is -0.971. The van der Waals surface area contributed by atoms with E-state index in [0.717, 1.165) is 13.1 Å². The molecule has 3 N–H and O–H groups in total. The summed E-state index contributed by atoms with van der Waals surface area (Å²) in [5.41, 5.74) is 1.57. The van der Waals surface area contributed by atoms with Gasteiger partial charge in [0.15, 0.2) is 0 Å². The number of benzene rings is 1. The molecule has 7 nitrogen and oxygen atoms in total. The van der Waals surface area contributed by atoms with Crippen LogP contribution in [-0.4, -0.2) is 45.1 Å². The second-order valence-corrected chi connectivity index (χ2v) is 6.74. The van der Waals surface area contributed by atoms with E-state index in [-0.39, 0.29) is 11.6 Å². The molecule has 1 aliphatic carbocycles. The number of imidazole rings is 1. The van der Waals surface area contributed by atoms with Gasteiger partial charge >= 0.3 is 12.0 Å². The summed E-state index contributed by atoms with van der Waals surface area (Å²) in [4.78, 5) is 32.7. The van der Waals surface area contributed by atoms with Gasteiger partial charge in [0.2, 0.25) is 0 Å². The maximum Gasteiger partial charge on any atom is 0.335 e. The van der Waals surface area contributed by atoms with Crippen LogP contribution in [0.2, 0.25) is 0 Å². The summed E-state index contributed by atoms with van der Waals surface area (Å²) < 4.78 is 0. The summed E-state index contributed by atoms with van der Waals surface area (Å²) in [5, 5.41) is 11.9. The lowest BCUT2D eigenvalue weighted by atomic mass is 10.0. The second-order valence-electron chi connectivity index (χ2n) is 6.74. The zero-order valence-electron chi connectivity index (χ0n) is 13.3. The molecule has 2 aromatic rings. The summed E-state index contributed by atoms with van der Waals surface area (Å²) >= 11 is 0. The quantitative estimate of drug-likeness (QED) is 0.804. The van der Waals surface area contributed by atoms with Gasteiger partial charge in [-0.3, -0.25) is 0 Å². The SMILES string of the molecule is O=C(O)c1ccc2nc(CNC(=O)N3C[C@H]4CCC[C@H]4C3)[nH]c2c1. The number of hydrogen-bond acceptors (Lipinski definition) is 3. The molecular weight excluding hydrogens is 308 g/mol. The molecule has 1 saturated heterocycles. The molecule has 24 heavy (non-hydrogen) atoms. The molecule has 2 amide bonds. The van der Waals surface area contributed by atoms with E-state index in [2.05, 4.69) is 15.3 Å². The maximum absolute atomic E-state index is 12.3. The number of carbonyl (C=O) groups is 2. The molecule has 7 heteroatoms. The molecule has 0 bridgehead atoms. The number of carboxylic acids is 1. The molecule has 126 valence electrons.